The van der Waals surface area contributed by atoms with E-state index in [1.807, 2.05) is 0 Å². The molecule has 1 aliphatic heterocycles. The zero-order chi connectivity index (χ0) is 16.8. The van der Waals surface area contributed by atoms with Gasteiger partial charge in [-0.05, 0) is 49.2 Å². The second-order valence-corrected chi connectivity index (χ2v) is 6.04. The first-order valence-corrected chi connectivity index (χ1v) is 7.08. The van der Waals surface area contributed by atoms with Gasteiger partial charge in [-0.25, -0.2) is 0 Å². The monoisotopic (exact) mass is 320 g/mol. The third-order valence-electron chi connectivity index (χ3n) is 3.81. The molecule has 0 bridgehead atoms. The van der Waals surface area contributed by atoms with Crippen LogP contribution < -0.4 is 10.6 Å². The summed E-state index contributed by atoms with van der Waals surface area (Å²) in [7, 11) is 0. The number of hydrogen-bond acceptors (Lipinski definition) is 2. The molecule has 2 aromatic rings. The van der Waals surface area contributed by atoms with Gasteiger partial charge < -0.3 is 10.6 Å². The molecule has 3 nitrogen and oxygen atoms in total. The van der Waals surface area contributed by atoms with Gasteiger partial charge in [-0.2, -0.15) is 13.2 Å². The van der Waals surface area contributed by atoms with Crippen LogP contribution in [0.5, 0.6) is 0 Å². The van der Waals surface area contributed by atoms with Crippen LogP contribution in [0.15, 0.2) is 42.5 Å². The van der Waals surface area contributed by atoms with E-state index in [1.165, 1.54) is 6.07 Å². The molecule has 0 unspecified atom stereocenters. The van der Waals surface area contributed by atoms with Crippen molar-refractivity contribution in [2.24, 2.45) is 0 Å². The lowest BCUT2D eigenvalue weighted by atomic mass is 9.97. The minimum atomic E-state index is -4.38. The highest BCUT2D eigenvalue weighted by Crippen LogP contribution is 2.36. The summed E-state index contributed by atoms with van der Waals surface area (Å²) in [6, 6.07) is 10.3. The third kappa shape index (κ3) is 2.88. The van der Waals surface area contributed by atoms with E-state index < -0.39 is 17.3 Å². The first-order chi connectivity index (χ1) is 10.7. The maximum Gasteiger partial charge on any atom is 0.416 e. The standard InChI is InChI=1S/C17H15F3N2O/c1-16(2)15(23)21-14-9-11(6-7-13(14)22-16)10-4-3-5-12(8-10)17(18,19)20/h3-9,22H,1-2H3,(H,21,23). The molecule has 0 fully saturated rings. The number of hydrogen-bond donors (Lipinski definition) is 2. The van der Waals surface area contributed by atoms with Crippen LogP contribution in [0.3, 0.4) is 0 Å². The Balaban J connectivity index is 2.01. The molecule has 0 radical (unpaired) electrons. The van der Waals surface area contributed by atoms with Crippen LogP contribution in [0.25, 0.3) is 11.1 Å². The number of rotatable bonds is 1. The average Bonchev–Trinajstić information content (AvgIpc) is 2.47. The van der Waals surface area contributed by atoms with Crippen molar-refractivity contribution in [2.45, 2.75) is 25.6 Å². The van der Waals surface area contributed by atoms with E-state index in [9.17, 15) is 18.0 Å². The topological polar surface area (TPSA) is 41.1 Å². The summed E-state index contributed by atoms with van der Waals surface area (Å²) in [4.78, 5) is 12.0. The molecular weight excluding hydrogens is 305 g/mol. The van der Waals surface area contributed by atoms with E-state index in [2.05, 4.69) is 10.6 Å². The van der Waals surface area contributed by atoms with Crippen molar-refractivity contribution in [1.82, 2.24) is 0 Å². The Labute approximate surface area is 131 Å². The maximum atomic E-state index is 12.8. The lowest BCUT2D eigenvalue weighted by molar-refractivity contribution is -0.137. The Morgan fingerprint density at radius 2 is 1.65 bits per heavy atom. The average molecular weight is 320 g/mol. The third-order valence-corrected chi connectivity index (χ3v) is 3.81. The maximum absolute atomic E-state index is 12.8. The van der Waals surface area contributed by atoms with E-state index in [0.29, 0.717) is 16.8 Å². The summed E-state index contributed by atoms with van der Waals surface area (Å²) in [5.74, 6) is -0.189. The Bertz CT molecular complexity index is 782. The van der Waals surface area contributed by atoms with E-state index in [4.69, 9.17) is 0 Å². The molecule has 6 heteroatoms. The van der Waals surface area contributed by atoms with Crippen LogP contribution in [0, 0.1) is 0 Å². The van der Waals surface area contributed by atoms with E-state index in [0.717, 1.165) is 17.8 Å². The van der Waals surface area contributed by atoms with Crippen LogP contribution in [0.4, 0.5) is 24.5 Å². The number of fused-ring (bicyclic) bond motifs is 1. The second-order valence-electron chi connectivity index (χ2n) is 6.04. The Morgan fingerprint density at radius 1 is 0.957 bits per heavy atom. The molecule has 0 spiro atoms. The van der Waals surface area contributed by atoms with Crippen molar-refractivity contribution in [3.05, 3.63) is 48.0 Å². The van der Waals surface area contributed by atoms with E-state index in [1.54, 1.807) is 38.1 Å². The fourth-order valence-electron chi connectivity index (χ4n) is 2.48. The minimum absolute atomic E-state index is 0.189. The van der Waals surface area contributed by atoms with Crippen molar-refractivity contribution in [1.29, 1.82) is 0 Å². The van der Waals surface area contributed by atoms with Gasteiger partial charge in [0.15, 0.2) is 0 Å². The zero-order valence-electron chi connectivity index (χ0n) is 12.6. The van der Waals surface area contributed by atoms with Gasteiger partial charge in [-0.3, -0.25) is 4.79 Å². The lowest BCUT2D eigenvalue weighted by Gasteiger charge is -2.33. The van der Waals surface area contributed by atoms with Crippen molar-refractivity contribution < 1.29 is 18.0 Å². The van der Waals surface area contributed by atoms with Crippen molar-refractivity contribution in [3.63, 3.8) is 0 Å². The van der Waals surface area contributed by atoms with Gasteiger partial charge in [0.1, 0.15) is 5.54 Å². The fraction of sp³-hybridized carbons (Fsp3) is 0.235. The van der Waals surface area contributed by atoms with E-state index >= 15 is 0 Å². The molecule has 0 atom stereocenters. The molecule has 3 rings (SSSR count). The van der Waals surface area contributed by atoms with E-state index in [-0.39, 0.29) is 5.91 Å². The van der Waals surface area contributed by atoms with Crippen LogP contribution in [0.2, 0.25) is 0 Å². The van der Waals surface area contributed by atoms with Gasteiger partial charge in [0.25, 0.3) is 0 Å². The summed E-state index contributed by atoms with van der Waals surface area (Å²) in [5, 5.41) is 5.89. The predicted molar refractivity (Wildman–Crippen MR) is 83.2 cm³/mol. The molecular formula is C17H15F3N2O. The summed E-state index contributed by atoms with van der Waals surface area (Å²) in [5.41, 5.74) is 0.925. The van der Waals surface area contributed by atoms with Crippen LogP contribution in [0.1, 0.15) is 19.4 Å². The molecule has 0 saturated heterocycles. The number of carbonyl (C=O) groups excluding carboxylic acids is 1. The number of nitrogens with one attached hydrogen (secondary N) is 2. The molecule has 0 aromatic heterocycles. The van der Waals surface area contributed by atoms with Crippen LogP contribution in [-0.4, -0.2) is 11.4 Å². The zero-order valence-corrected chi connectivity index (χ0v) is 12.6. The Hall–Kier alpha value is -2.50. The highest BCUT2D eigenvalue weighted by Gasteiger charge is 2.33. The number of amides is 1. The molecule has 0 aliphatic carbocycles. The first-order valence-electron chi connectivity index (χ1n) is 7.08. The lowest BCUT2D eigenvalue weighted by Crippen LogP contribution is -2.47. The van der Waals surface area contributed by atoms with Crippen molar-refractivity contribution in [3.8, 4) is 11.1 Å². The minimum Gasteiger partial charge on any atom is -0.370 e. The van der Waals surface area contributed by atoms with Gasteiger partial charge in [-0.15, -0.1) is 0 Å². The second kappa shape index (κ2) is 5.01. The van der Waals surface area contributed by atoms with Gasteiger partial charge in [0.2, 0.25) is 5.91 Å². The van der Waals surface area contributed by atoms with Gasteiger partial charge >= 0.3 is 6.18 Å². The molecule has 0 saturated carbocycles. The Kier molecular flexibility index (Phi) is 3.35. The number of carbonyl (C=O) groups is 1. The number of halogens is 3. The molecule has 120 valence electrons. The molecule has 23 heavy (non-hydrogen) atoms. The summed E-state index contributed by atoms with van der Waals surface area (Å²) < 4.78 is 38.5. The summed E-state index contributed by atoms with van der Waals surface area (Å²) in [6.07, 6.45) is -4.38. The molecule has 2 N–H and O–H groups in total. The SMILES string of the molecule is CC1(C)Nc2ccc(-c3cccc(C(F)(F)F)c3)cc2NC1=O. The largest absolute Gasteiger partial charge is 0.416 e. The fourth-order valence-corrected chi connectivity index (χ4v) is 2.48. The first kappa shape index (κ1) is 15.4. The number of anilines is 2. The van der Waals surface area contributed by atoms with Crippen LogP contribution >= 0.6 is 0 Å². The highest BCUT2D eigenvalue weighted by atomic mass is 19.4. The van der Waals surface area contributed by atoms with Crippen LogP contribution in [-0.2, 0) is 11.0 Å². The molecule has 2 aromatic carbocycles. The highest BCUT2D eigenvalue weighted by molar-refractivity contribution is 6.06. The normalized spacial score (nSPS) is 16.3. The number of benzene rings is 2. The smallest absolute Gasteiger partial charge is 0.370 e. The Morgan fingerprint density at radius 3 is 2.35 bits per heavy atom. The number of alkyl halides is 3. The van der Waals surface area contributed by atoms with Crippen molar-refractivity contribution >= 4 is 17.3 Å². The summed E-state index contributed by atoms with van der Waals surface area (Å²) >= 11 is 0. The molecule has 1 heterocycles. The van der Waals surface area contributed by atoms with Gasteiger partial charge in [0, 0.05) is 0 Å². The summed E-state index contributed by atoms with van der Waals surface area (Å²) in [6.45, 7) is 3.51. The molecule has 1 aliphatic rings. The quantitative estimate of drug-likeness (QED) is 0.811. The van der Waals surface area contributed by atoms with Gasteiger partial charge in [-0.1, -0.05) is 18.2 Å². The van der Waals surface area contributed by atoms with Crippen molar-refractivity contribution in [2.75, 3.05) is 10.6 Å². The molecule has 1 amide bonds. The van der Waals surface area contributed by atoms with Gasteiger partial charge in [0.05, 0.1) is 16.9 Å². The predicted octanol–water partition coefficient (Wildman–Crippen LogP) is 4.52.